The Morgan fingerprint density at radius 1 is 0.337 bits per heavy atom. The van der Waals surface area contributed by atoms with Crippen LogP contribution in [-0.4, -0.2) is 120 Å². The van der Waals surface area contributed by atoms with Gasteiger partial charge in [-0.25, -0.2) is 39.9 Å². The van der Waals surface area contributed by atoms with Gasteiger partial charge in [0.1, 0.15) is 37.0 Å². The van der Waals surface area contributed by atoms with Crippen LogP contribution in [0.15, 0.2) is 240 Å². The third-order valence-corrected chi connectivity index (χ3v) is 11.4. The quantitative estimate of drug-likeness (QED) is 0.136. The minimum atomic E-state index is 0.711. The molecule has 0 radical (unpaired) electrons. The van der Waals surface area contributed by atoms with Gasteiger partial charge in [0.15, 0.2) is 6.33 Å². The first kappa shape index (κ1) is 68.0. The van der Waals surface area contributed by atoms with E-state index in [9.17, 15) is 0 Å². The number of hydrogen-bond acceptors (Lipinski definition) is 20. The van der Waals surface area contributed by atoms with Gasteiger partial charge in [-0.15, -0.1) is 20.4 Å². The number of fused-ring (bicyclic) bond motifs is 4. The van der Waals surface area contributed by atoms with E-state index >= 15 is 0 Å². The van der Waals surface area contributed by atoms with Crippen molar-refractivity contribution in [3.63, 3.8) is 0 Å². The second-order valence-corrected chi connectivity index (χ2v) is 18.7. The van der Waals surface area contributed by atoms with Gasteiger partial charge in [0.2, 0.25) is 0 Å². The summed E-state index contributed by atoms with van der Waals surface area (Å²) in [6, 6.07) is 44.7. The Kier molecular flexibility index (Phi) is 30.3. The van der Waals surface area contributed by atoms with Crippen LogP contribution in [0.3, 0.4) is 0 Å². The number of para-hydroxylation sites is 5. The lowest BCUT2D eigenvalue weighted by atomic mass is 10.2. The molecule has 0 spiro atoms. The van der Waals surface area contributed by atoms with Gasteiger partial charge in [-0.2, -0.15) is 30.3 Å². The van der Waals surface area contributed by atoms with Crippen LogP contribution >= 0.6 is 0 Å². The molecule has 24 nitrogen and oxygen atoms in total. The summed E-state index contributed by atoms with van der Waals surface area (Å²) in [6.07, 6.45) is 28.4. The lowest BCUT2D eigenvalue weighted by Gasteiger charge is -1.95. The maximum Gasteiger partial charge on any atom is 0.162 e. The summed E-state index contributed by atoms with van der Waals surface area (Å²) >= 11 is 0. The van der Waals surface area contributed by atoms with E-state index in [4.69, 9.17) is 0 Å². The average molecular weight is 1190 g/mol. The highest BCUT2D eigenvalue weighted by molar-refractivity contribution is 5.80. The number of aryl methyl sites for hydroxylation is 11. The molecule has 15 aromatic rings. The van der Waals surface area contributed by atoms with E-state index in [1.165, 1.54) is 80.3 Å². The van der Waals surface area contributed by atoms with Crippen LogP contribution in [0.5, 0.6) is 0 Å². The van der Waals surface area contributed by atoms with Crippen molar-refractivity contribution < 1.29 is 0 Å². The number of nitrogens with zero attached hydrogens (tertiary/aromatic N) is 24. The zero-order valence-corrected chi connectivity index (χ0v) is 51.7. The molecule has 11 heterocycles. The maximum atomic E-state index is 4.28. The van der Waals surface area contributed by atoms with Gasteiger partial charge in [0.25, 0.3) is 0 Å². The van der Waals surface area contributed by atoms with Crippen molar-refractivity contribution >= 4 is 43.7 Å². The standard InChI is InChI=1S/C10H9N.C9H9N.2C8H8N2.C6H7N.2C5H6N2.3C4H5N3.C2H4N4/c1-8-6-9-4-2-3-5-10(9)11-7-8;1-10-7-6-8-4-2-3-5-9(8)10;1-10-6-9-7-4-2-3-5-8(7)10;1-10-8-5-3-2-4-7(8)6-9-10;1-6-2-4-7-5-3-6;1-5-2-3-6-4-7-5;1-5-2-3-6-7-4-5;1-4-6-2-5-3-7-4;1-4-2-6-7-3-5-4;1-4-5-2-3-6-7-4;1-6-4-2-3-5-6/h2-7H,1H3;2-7H,1H3;2*2-6H,1H3;2-5H,1H3;2*2-4H,1H3;3*2-3H,1H3;2H,1H3. The van der Waals surface area contributed by atoms with E-state index in [1.54, 1.807) is 63.5 Å². The highest BCUT2D eigenvalue weighted by Crippen LogP contribution is 2.14. The van der Waals surface area contributed by atoms with Crippen LogP contribution < -0.4 is 0 Å². The van der Waals surface area contributed by atoms with Crippen molar-refractivity contribution in [2.75, 3.05) is 0 Å². The van der Waals surface area contributed by atoms with Crippen molar-refractivity contribution in [3.05, 3.63) is 279 Å². The number of imidazole rings is 1. The minimum Gasteiger partial charge on any atom is -0.351 e. The summed E-state index contributed by atoms with van der Waals surface area (Å²) in [7, 11) is 7.72. The second-order valence-electron chi connectivity index (χ2n) is 18.7. The van der Waals surface area contributed by atoms with E-state index in [2.05, 4.69) is 186 Å². The Morgan fingerprint density at radius 2 is 0.978 bits per heavy atom. The van der Waals surface area contributed by atoms with Crippen molar-refractivity contribution in [2.24, 2.45) is 28.2 Å². The fourth-order valence-electron chi connectivity index (χ4n) is 6.85. The first-order valence-electron chi connectivity index (χ1n) is 27.6. The second kappa shape index (κ2) is 39.7. The molecule has 24 heteroatoms. The van der Waals surface area contributed by atoms with Gasteiger partial charge in [-0.3, -0.25) is 14.6 Å². The summed E-state index contributed by atoms with van der Waals surface area (Å²) in [6.45, 7) is 13.5. The van der Waals surface area contributed by atoms with E-state index in [1.807, 2.05) is 149 Å². The Labute approximate surface area is 517 Å². The summed E-state index contributed by atoms with van der Waals surface area (Å²) in [5, 5.41) is 39.8. The van der Waals surface area contributed by atoms with Gasteiger partial charge in [0, 0.05) is 86.5 Å². The zero-order valence-electron chi connectivity index (χ0n) is 51.7. The van der Waals surface area contributed by atoms with Crippen molar-refractivity contribution in [2.45, 2.75) is 48.5 Å². The molecule has 0 aliphatic carbocycles. The van der Waals surface area contributed by atoms with Gasteiger partial charge >= 0.3 is 0 Å². The maximum absolute atomic E-state index is 4.28. The molecule has 0 atom stereocenters. The van der Waals surface area contributed by atoms with Crippen LogP contribution in [-0.2, 0) is 28.2 Å². The van der Waals surface area contributed by atoms with Crippen LogP contribution in [0.4, 0.5) is 0 Å². The molecule has 0 aliphatic heterocycles. The average Bonchev–Trinajstić information content (AvgIpc) is 3.65. The topological polar surface area (TPSA) is 278 Å². The Morgan fingerprint density at radius 3 is 1.45 bits per heavy atom. The van der Waals surface area contributed by atoms with Crippen LogP contribution in [0, 0.1) is 48.5 Å². The van der Waals surface area contributed by atoms with E-state index in [0.29, 0.717) is 5.82 Å². The van der Waals surface area contributed by atoms with Gasteiger partial charge in [-0.05, 0) is 142 Å². The van der Waals surface area contributed by atoms with Crippen molar-refractivity contribution in [3.8, 4) is 0 Å². The minimum absolute atomic E-state index is 0.711. The van der Waals surface area contributed by atoms with Crippen LogP contribution in [0.25, 0.3) is 43.7 Å². The van der Waals surface area contributed by atoms with Crippen LogP contribution in [0.1, 0.15) is 39.7 Å². The molecule has 452 valence electrons. The summed E-state index contributed by atoms with van der Waals surface area (Å²) < 4.78 is 6.00. The Balaban J connectivity index is 0.000000179. The molecule has 0 saturated carbocycles. The smallest absolute Gasteiger partial charge is 0.162 e. The highest BCUT2D eigenvalue weighted by Gasteiger charge is 1.96. The number of pyridine rings is 2. The Hall–Kier alpha value is -11.8. The first-order valence-corrected chi connectivity index (χ1v) is 27.6. The van der Waals surface area contributed by atoms with Gasteiger partial charge in [-0.1, -0.05) is 66.7 Å². The lowest BCUT2D eigenvalue weighted by molar-refractivity contribution is 0.630. The molecule has 0 aliphatic rings. The summed E-state index contributed by atoms with van der Waals surface area (Å²) in [5.41, 5.74) is 11.3. The first-order chi connectivity index (χ1) is 43.2. The Bertz CT molecular complexity index is 3750. The molecule has 4 aromatic carbocycles. The summed E-state index contributed by atoms with van der Waals surface area (Å²) in [4.78, 5) is 40.0. The molecule has 0 amide bonds. The van der Waals surface area contributed by atoms with E-state index in [-0.39, 0.29) is 0 Å². The van der Waals surface area contributed by atoms with Crippen LogP contribution in [0.2, 0.25) is 0 Å². The fourth-order valence-corrected chi connectivity index (χ4v) is 6.85. The molecule has 0 bridgehead atoms. The molecule has 11 aromatic heterocycles. The van der Waals surface area contributed by atoms with E-state index in [0.717, 1.165) is 33.8 Å². The number of hydrogen-bond donors (Lipinski definition) is 0. The number of aromatic nitrogens is 24. The third-order valence-electron chi connectivity index (χ3n) is 11.4. The molecular weight excluding hydrogens is 1120 g/mol. The fraction of sp³-hybridized carbons (Fsp3) is 0.169. The third kappa shape index (κ3) is 27.6. The highest BCUT2D eigenvalue weighted by atomic mass is 15.6. The lowest BCUT2D eigenvalue weighted by Crippen LogP contribution is -1.90. The molecular formula is C65H72N24. The van der Waals surface area contributed by atoms with Crippen molar-refractivity contribution in [1.29, 1.82) is 0 Å². The zero-order chi connectivity index (χ0) is 63.7. The largest absolute Gasteiger partial charge is 0.351 e. The molecule has 15 rings (SSSR count). The number of tetrazole rings is 1. The molecule has 0 N–H and O–H groups in total. The monoisotopic (exact) mass is 1190 g/mol. The molecule has 0 unspecified atom stereocenters. The number of rotatable bonds is 0. The molecule has 89 heavy (non-hydrogen) atoms. The van der Waals surface area contributed by atoms with E-state index < -0.39 is 0 Å². The number of benzene rings is 4. The molecule has 0 fully saturated rings. The predicted molar refractivity (Wildman–Crippen MR) is 346 cm³/mol. The van der Waals surface area contributed by atoms with Gasteiger partial charge in [0.05, 0.1) is 65.9 Å². The summed E-state index contributed by atoms with van der Waals surface area (Å²) in [5.74, 6) is 1.47. The predicted octanol–water partition coefficient (Wildman–Crippen LogP) is 10.6. The van der Waals surface area contributed by atoms with Gasteiger partial charge < -0.3 is 9.13 Å². The van der Waals surface area contributed by atoms with Crippen molar-refractivity contribution in [1.82, 2.24) is 120 Å². The normalized spacial score (nSPS) is 9.52. The molecule has 0 saturated heterocycles. The SMILES string of the molecule is Cc1ccncc1.Cc1ccncn1.Cc1ccnnc1.Cc1cnc2ccccc2c1.Cc1cnncn1.Cc1nccnn1.Cc1ncncn1.Cn1ccc2ccccc21.Cn1cnc2ccccc21.Cn1ncc2ccccc21.Cn1ncnn1.